The Bertz CT molecular complexity index is 1120. The quantitative estimate of drug-likeness (QED) is 0.394. The highest BCUT2D eigenvalue weighted by Gasteiger charge is 2.47. The summed E-state index contributed by atoms with van der Waals surface area (Å²) in [6.07, 6.45) is 4.61. The normalized spacial score (nSPS) is 22.6. The second-order valence-corrected chi connectivity index (χ2v) is 9.28. The number of carboxylic acids is 1. The van der Waals surface area contributed by atoms with Crippen molar-refractivity contribution in [2.75, 3.05) is 5.32 Å². The molecular formula is C26H30N4O7. The van der Waals surface area contributed by atoms with Crippen LogP contribution in [0.4, 0.5) is 5.69 Å². The molecule has 196 valence electrons. The lowest BCUT2D eigenvalue weighted by Crippen LogP contribution is -2.50. The molecule has 1 aromatic heterocycles. The van der Waals surface area contributed by atoms with E-state index in [9.17, 15) is 24.3 Å². The predicted molar refractivity (Wildman–Crippen MR) is 131 cm³/mol. The van der Waals surface area contributed by atoms with E-state index < -0.39 is 42.3 Å². The van der Waals surface area contributed by atoms with E-state index in [1.54, 1.807) is 36.4 Å². The minimum absolute atomic E-state index is 0.000570. The molecule has 0 spiro atoms. The number of benzene rings is 1. The van der Waals surface area contributed by atoms with Gasteiger partial charge in [-0.2, -0.15) is 0 Å². The number of hydrogen-bond donors (Lipinski definition) is 4. The van der Waals surface area contributed by atoms with Crippen molar-refractivity contribution in [1.82, 2.24) is 10.3 Å². The number of nitrogens with zero attached hydrogens (tertiary/aromatic N) is 1. The molecule has 4 atom stereocenters. The van der Waals surface area contributed by atoms with Gasteiger partial charge in [0.2, 0.25) is 6.29 Å². The molecule has 11 nitrogen and oxygen atoms in total. The van der Waals surface area contributed by atoms with Gasteiger partial charge in [0.1, 0.15) is 6.04 Å². The van der Waals surface area contributed by atoms with Gasteiger partial charge in [0.15, 0.2) is 6.10 Å². The highest BCUT2D eigenvalue weighted by atomic mass is 16.7. The molecule has 4 rings (SSSR count). The average molecular weight is 511 g/mol. The molecular weight excluding hydrogens is 480 g/mol. The van der Waals surface area contributed by atoms with Crippen LogP contribution in [-0.4, -0.2) is 58.3 Å². The Hall–Kier alpha value is -3.83. The fourth-order valence-electron chi connectivity index (χ4n) is 4.74. The Morgan fingerprint density at radius 3 is 2.30 bits per heavy atom. The van der Waals surface area contributed by atoms with Crippen molar-refractivity contribution in [2.45, 2.75) is 63.1 Å². The van der Waals surface area contributed by atoms with Crippen molar-refractivity contribution >= 4 is 29.4 Å². The first-order valence-electron chi connectivity index (χ1n) is 12.3. The molecule has 37 heavy (non-hydrogen) atoms. The third-order valence-corrected chi connectivity index (χ3v) is 6.66. The number of carbonyl (C=O) groups is 4. The van der Waals surface area contributed by atoms with Gasteiger partial charge in [-0.1, -0.05) is 31.4 Å². The Balaban J connectivity index is 1.39. The Morgan fingerprint density at radius 2 is 1.68 bits per heavy atom. The summed E-state index contributed by atoms with van der Waals surface area (Å²) in [5.41, 5.74) is 6.96. The molecule has 1 saturated heterocycles. The number of nitrogens with two attached hydrogens (primary N) is 1. The van der Waals surface area contributed by atoms with Gasteiger partial charge in [-0.3, -0.25) is 19.4 Å². The van der Waals surface area contributed by atoms with Crippen LogP contribution in [0, 0.1) is 5.92 Å². The molecule has 1 saturated carbocycles. The van der Waals surface area contributed by atoms with E-state index in [0.717, 1.165) is 32.1 Å². The largest absolute Gasteiger partial charge is 0.480 e. The van der Waals surface area contributed by atoms with E-state index in [0.29, 0.717) is 16.8 Å². The zero-order valence-electron chi connectivity index (χ0n) is 20.2. The zero-order chi connectivity index (χ0) is 26.4. The summed E-state index contributed by atoms with van der Waals surface area (Å²) in [6, 6.07) is 8.59. The molecule has 2 aliphatic rings. The monoisotopic (exact) mass is 510 g/mol. The number of nitrogens with one attached hydrogen (secondary N) is 2. The number of primary amides is 1. The second kappa shape index (κ2) is 11.9. The van der Waals surface area contributed by atoms with E-state index in [-0.39, 0.29) is 18.2 Å². The highest BCUT2D eigenvalue weighted by Crippen LogP contribution is 2.34. The van der Waals surface area contributed by atoms with Gasteiger partial charge >= 0.3 is 5.97 Å². The predicted octanol–water partition coefficient (Wildman–Crippen LogP) is 1.62. The molecule has 2 heterocycles. The average Bonchev–Trinajstić information content (AvgIpc) is 3.36. The summed E-state index contributed by atoms with van der Waals surface area (Å²) in [5.74, 6) is -2.99. The van der Waals surface area contributed by atoms with Crippen molar-refractivity contribution in [3.8, 4) is 0 Å². The van der Waals surface area contributed by atoms with Crippen molar-refractivity contribution in [3.63, 3.8) is 0 Å². The third-order valence-electron chi connectivity index (χ3n) is 6.66. The summed E-state index contributed by atoms with van der Waals surface area (Å²) >= 11 is 0. The van der Waals surface area contributed by atoms with Gasteiger partial charge in [-0.25, -0.2) is 4.79 Å². The molecule has 1 aliphatic heterocycles. The first-order chi connectivity index (χ1) is 17.8. The SMILES string of the molecule is NC(=O)C1O[C@H](C2CCCCC2)[C@H](C(=O)N[C@@H](Cc2ccc(NC(=O)c3ccncc3)cc2)C(=O)O)O1. The number of carboxylic acid groups (broad SMARTS) is 1. The summed E-state index contributed by atoms with van der Waals surface area (Å²) in [7, 11) is 0. The molecule has 1 aromatic carbocycles. The number of aliphatic carboxylic acids is 1. The van der Waals surface area contributed by atoms with Gasteiger partial charge < -0.3 is 30.9 Å². The molecule has 0 bridgehead atoms. The number of ether oxygens (including phenoxy) is 2. The second-order valence-electron chi connectivity index (χ2n) is 9.28. The first-order valence-corrected chi connectivity index (χ1v) is 12.3. The molecule has 2 aromatic rings. The van der Waals surface area contributed by atoms with Gasteiger partial charge in [0, 0.05) is 30.1 Å². The maximum Gasteiger partial charge on any atom is 0.326 e. The fourth-order valence-corrected chi connectivity index (χ4v) is 4.74. The van der Waals surface area contributed by atoms with E-state index in [1.807, 2.05) is 0 Å². The van der Waals surface area contributed by atoms with Gasteiger partial charge in [-0.05, 0) is 48.6 Å². The molecule has 3 amide bonds. The van der Waals surface area contributed by atoms with Crippen LogP contribution in [0.5, 0.6) is 0 Å². The standard InChI is InChI=1S/C26H30N4O7/c27-22(31)26-36-20(16-4-2-1-3-5-16)21(37-26)24(33)30-19(25(34)35)14-15-6-8-18(9-7-15)29-23(32)17-10-12-28-13-11-17/h6-13,16,19-21,26H,1-5,14H2,(H2,27,31)(H,29,32)(H,30,33)(H,34,35)/t19-,20+,21+,26?/m0/s1. The highest BCUT2D eigenvalue weighted by molar-refractivity contribution is 6.04. The van der Waals surface area contributed by atoms with Crippen LogP contribution in [0.25, 0.3) is 0 Å². The van der Waals surface area contributed by atoms with Crippen molar-refractivity contribution in [2.24, 2.45) is 11.7 Å². The topological polar surface area (TPSA) is 170 Å². The van der Waals surface area contributed by atoms with Crippen LogP contribution in [0.3, 0.4) is 0 Å². The third kappa shape index (κ3) is 6.69. The lowest BCUT2D eigenvalue weighted by Gasteiger charge is -2.29. The zero-order valence-corrected chi connectivity index (χ0v) is 20.2. The van der Waals surface area contributed by atoms with Crippen molar-refractivity contribution in [1.29, 1.82) is 0 Å². The van der Waals surface area contributed by atoms with Crippen LogP contribution < -0.4 is 16.4 Å². The molecule has 11 heteroatoms. The summed E-state index contributed by atoms with van der Waals surface area (Å²) < 4.78 is 11.2. The van der Waals surface area contributed by atoms with Crippen molar-refractivity contribution < 1.29 is 33.8 Å². The van der Waals surface area contributed by atoms with Crippen LogP contribution in [0.1, 0.15) is 48.0 Å². The molecule has 2 fully saturated rings. The number of hydrogen-bond acceptors (Lipinski definition) is 7. The molecule has 1 aliphatic carbocycles. The van der Waals surface area contributed by atoms with Crippen LogP contribution >= 0.6 is 0 Å². The maximum absolute atomic E-state index is 13.1. The number of carbonyl (C=O) groups excluding carboxylic acids is 3. The van der Waals surface area contributed by atoms with Crippen LogP contribution in [0.2, 0.25) is 0 Å². The number of anilines is 1. The minimum Gasteiger partial charge on any atom is -0.480 e. The Kier molecular flexibility index (Phi) is 8.47. The molecule has 1 unspecified atom stereocenters. The molecule has 5 N–H and O–H groups in total. The minimum atomic E-state index is -1.35. The van der Waals surface area contributed by atoms with Gasteiger partial charge in [0.05, 0.1) is 6.10 Å². The fraction of sp³-hybridized carbons (Fsp3) is 0.423. The number of amides is 3. The van der Waals surface area contributed by atoms with Crippen LogP contribution in [0.15, 0.2) is 48.8 Å². The molecule has 0 radical (unpaired) electrons. The smallest absolute Gasteiger partial charge is 0.326 e. The number of rotatable bonds is 9. The Labute approximate surface area is 213 Å². The lowest BCUT2D eigenvalue weighted by atomic mass is 9.83. The van der Waals surface area contributed by atoms with E-state index in [4.69, 9.17) is 15.2 Å². The summed E-state index contributed by atoms with van der Waals surface area (Å²) in [5, 5.41) is 15.0. The summed E-state index contributed by atoms with van der Waals surface area (Å²) in [4.78, 5) is 52.9. The number of pyridine rings is 1. The van der Waals surface area contributed by atoms with E-state index in [2.05, 4.69) is 15.6 Å². The Morgan fingerprint density at radius 1 is 1.00 bits per heavy atom. The lowest BCUT2D eigenvalue weighted by molar-refractivity contribution is -0.151. The maximum atomic E-state index is 13.1. The van der Waals surface area contributed by atoms with E-state index >= 15 is 0 Å². The summed E-state index contributed by atoms with van der Waals surface area (Å²) in [6.45, 7) is 0. The van der Waals surface area contributed by atoms with Gasteiger partial charge in [-0.15, -0.1) is 0 Å². The van der Waals surface area contributed by atoms with Crippen molar-refractivity contribution in [3.05, 3.63) is 59.9 Å². The van der Waals surface area contributed by atoms with E-state index in [1.165, 1.54) is 12.4 Å². The number of aromatic nitrogens is 1. The first kappa shape index (κ1) is 26.2. The van der Waals surface area contributed by atoms with Crippen LogP contribution in [-0.2, 0) is 30.3 Å². The van der Waals surface area contributed by atoms with Gasteiger partial charge in [0.25, 0.3) is 17.7 Å².